The maximum absolute atomic E-state index is 12.9. The quantitative estimate of drug-likeness (QED) is 0.510. The number of ether oxygens (including phenoxy) is 1. The van der Waals surface area contributed by atoms with Crippen LogP contribution >= 0.6 is 0 Å². The van der Waals surface area contributed by atoms with E-state index in [1.165, 1.54) is 12.8 Å². The third-order valence-corrected chi connectivity index (χ3v) is 5.96. The van der Waals surface area contributed by atoms with E-state index in [1.54, 1.807) is 0 Å². The monoisotopic (exact) mass is 446 g/mol. The summed E-state index contributed by atoms with van der Waals surface area (Å²) in [5.41, 5.74) is -0.465. The van der Waals surface area contributed by atoms with Crippen molar-refractivity contribution >= 4 is 12.1 Å². The Labute approximate surface area is 193 Å². The van der Waals surface area contributed by atoms with Gasteiger partial charge in [0.05, 0.1) is 6.54 Å². The van der Waals surface area contributed by atoms with Crippen molar-refractivity contribution in [2.45, 2.75) is 85.0 Å². The molecule has 0 spiro atoms. The fraction of sp³-hybridized carbons (Fsp3) is 0.792. The summed E-state index contributed by atoms with van der Waals surface area (Å²) in [7, 11) is 1.83. The number of aliphatic imine (C=N–C) groups is 1. The Kier molecular flexibility index (Phi) is 8.06. The second-order valence-corrected chi connectivity index (χ2v) is 10.6. The molecule has 1 amide bonds. The molecule has 0 radical (unpaired) electrons. The fourth-order valence-corrected chi connectivity index (χ4v) is 4.22. The van der Waals surface area contributed by atoms with E-state index < -0.39 is 5.60 Å². The molecular formula is C24H42N6O2. The lowest BCUT2D eigenvalue weighted by atomic mass is 10.0. The van der Waals surface area contributed by atoms with Crippen LogP contribution in [0.2, 0.25) is 0 Å². The lowest BCUT2D eigenvalue weighted by Crippen LogP contribution is -2.52. The van der Waals surface area contributed by atoms with Gasteiger partial charge in [0.2, 0.25) is 0 Å². The van der Waals surface area contributed by atoms with Crippen LogP contribution < -0.4 is 5.32 Å². The normalized spacial score (nSPS) is 18.2. The largest absolute Gasteiger partial charge is 0.444 e. The number of rotatable bonds is 7. The molecule has 8 heteroatoms. The number of carbonyl (C=O) groups excluding carboxylic acids is 1. The molecule has 1 aliphatic carbocycles. The Hall–Kier alpha value is -2.25. The summed E-state index contributed by atoms with van der Waals surface area (Å²) in [5, 5.41) is 3.48. The summed E-state index contributed by atoms with van der Waals surface area (Å²) >= 11 is 0. The van der Waals surface area contributed by atoms with E-state index in [0.717, 1.165) is 50.8 Å². The predicted octanol–water partition coefficient (Wildman–Crippen LogP) is 3.73. The lowest BCUT2D eigenvalue weighted by Gasteiger charge is -2.40. The number of nitrogens with zero attached hydrogens (tertiary/aromatic N) is 5. The second kappa shape index (κ2) is 10.6. The van der Waals surface area contributed by atoms with Gasteiger partial charge in [0.25, 0.3) is 0 Å². The number of carbonyl (C=O) groups is 1. The highest BCUT2D eigenvalue weighted by Gasteiger charge is 2.35. The van der Waals surface area contributed by atoms with Crippen LogP contribution in [0.25, 0.3) is 0 Å². The van der Waals surface area contributed by atoms with E-state index in [2.05, 4.69) is 38.6 Å². The molecule has 0 bridgehead atoms. The average Bonchev–Trinajstić information content (AvgIpc) is 3.44. The van der Waals surface area contributed by atoms with Crippen molar-refractivity contribution in [2.24, 2.45) is 16.8 Å². The number of piperidine rings is 1. The van der Waals surface area contributed by atoms with E-state index in [-0.39, 0.29) is 12.1 Å². The number of likely N-dealkylation sites (tertiary alicyclic amines) is 1. The van der Waals surface area contributed by atoms with Gasteiger partial charge in [-0.25, -0.2) is 9.78 Å². The van der Waals surface area contributed by atoms with E-state index in [4.69, 9.17) is 4.74 Å². The van der Waals surface area contributed by atoms with Crippen molar-refractivity contribution in [3.05, 3.63) is 18.2 Å². The first-order chi connectivity index (χ1) is 15.2. The van der Waals surface area contributed by atoms with Crippen molar-refractivity contribution in [1.82, 2.24) is 24.7 Å². The molecule has 32 heavy (non-hydrogen) atoms. The SMILES string of the molecule is CN=C(NCc1nccn1CC(C)C)N1CCC(N(CC2CC2)C(=O)OC(C)(C)C)CC1. The summed E-state index contributed by atoms with van der Waals surface area (Å²) in [6, 6.07) is 0.227. The third kappa shape index (κ3) is 7.14. The highest BCUT2D eigenvalue weighted by atomic mass is 16.6. The van der Waals surface area contributed by atoms with Crippen LogP contribution in [0.1, 0.15) is 66.1 Å². The van der Waals surface area contributed by atoms with E-state index in [1.807, 2.05) is 45.1 Å². The van der Waals surface area contributed by atoms with Crippen LogP contribution in [0.5, 0.6) is 0 Å². The van der Waals surface area contributed by atoms with E-state index in [0.29, 0.717) is 18.4 Å². The zero-order valence-corrected chi connectivity index (χ0v) is 20.8. The van der Waals surface area contributed by atoms with Gasteiger partial charge in [-0.3, -0.25) is 4.99 Å². The van der Waals surface area contributed by atoms with Crippen LogP contribution in [0, 0.1) is 11.8 Å². The highest BCUT2D eigenvalue weighted by molar-refractivity contribution is 5.80. The lowest BCUT2D eigenvalue weighted by molar-refractivity contribution is 0.00928. The van der Waals surface area contributed by atoms with Crippen molar-refractivity contribution in [1.29, 1.82) is 0 Å². The molecule has 1 aromatic heterocycles. The molecule has 1 aliphatic heterocycles. The Bertz CT molecular complexity index is 770. The molecule has 0 unspecified atom stereocenters. The first kappa shape index (κ1) is 24.4. The molecule has 1 saturated carbocycles. The minimum atomic E-state index is -0.465. The van der Waals surface area contributed by atoms with Gasteiger partial charge in [0.1, 0.15) is 11.4 Å². The Morgan fingerprint density at radius 1 is 1.28 bits per heavy atom. The molecule has 180 valence electrons. The number of nitrogens with one attached hydrogen (secondary N) is 1. The zero-order chi connectivity index (χ0) is 23.3. The zero-order valence-electron chi connectivity index (χ0n) is 20.8. The molecule has 8 nitrogen and oxygen atoms in total. The van der Waals surface area contributed by atoms with Crippen molar-refractivity contribution in [2.75, 3.05) is 26.7 Å². The number of guanidine groups is 1. The molecule has 2 aliphatic rings. The van der Waals surface area contributed by atoms with Crippen molar-refractivity contribution in [3.63, 3.8) is 0 Å². The van der Waals surface area contributed by atoms with Gasteiger partial charge < -0.3 is 24.4 Å². The van der Waals surface area contributed by atoms with Gasteiger partial charge in [-0.1, -0.05) is 13.8 Å². The van der Waals surface area contributed by atoms with Gasteiger partial charge in [-0.2, -0.15) is 0 Å². The fourth-order valence-electron chi connectivity index (χ4n) is 4.22. The summed E-state index contributed by atoms with van der Waals surface area (Å²) in [4.78, 5) is 26.2. The first-order valence-electron chi connectivity index (χ1n) is 12.1. The van der Waals surface area contributed by atoms with Gasteiger partial charge in [0, 0.05) is 51.7 Å². The van der Waals surface area contributed by atoms with Crippen molar-refractivity contribution < 1.29 is 9.53 Å². The van der Waals surface area contributed by atoms with Crippen LogP contribution in [-0.4, -0.2) is 69.7 Å². The van der Waals surface area contributed by atoms with E-state index >= 15 is 0 Å². The third-order valence-electron chi connectivity index (χ3n) is 5.96. The average molecular weight is 447 g/mol. The summed E-state index contributed by atoms with van der Waals surface area (Å²) in [6.45, 7) is 14.4. The molecule has 0 atom stereocenters. The predicted molar refractivity (Wildman–Crippen MR) is 128 cm³/mol. The molecule has 2 heterocycles. The van der Waals surface area contributed by atoms with Crippen LogP contribution in [-0.2, 0) is 17.8 Å². The molecule has 1 saturated heterocycles. The van der Waals surface area contributed by atoms with Crippen LogP contribution in [0.15, 0.2) is 17.4 Å². The van der Waals surface area contributed by atoms with Crippen LogP contribution in [0.3, 0.4) is 0 Å². The number of amides is 1. The number of aromatic nitrogens is 2. The van der Waals surface area contributed by atoms with Crippen molar-refractivity contribution in [3.8, 4) is 0 Å². The maximum atomic E-state index is 12.9. The minimum absolute atomic E-state index is 0.164. The molecule has 0 aromatic carbocycles. The second-order valence-electron chi connectivity index (χ2n) is 10.6. The number of hydrogen-bond donors (Lipinski definition) is 1. The first-order valence-corrected chi connectivity index (χ1v) is 12.1. The van der Waals surface area contributed by atoms with Gasteiger partial charge in [-0.05, 0) is 58.3 Å². The van der Waals surface area contributed by atoms with Crippen LogP contribution in [0.4, 0.5) is 4.79 Å². The Morgan fingerprint density at radius 2 is 1.97 bits per heavy atom. The molecule has 1 N–H and O–H groups in total. The van der Waals surface area contributed by atoms with E-state index in [9.17, 15) is 4.79 Å². The molecule has 2 fully saturated rings. The Balaban J connectivity index is 1.54. The minimum Gasteiger partial charge on any atom is -0.444 e. The smallest absolute Gasteiger partial charge is 0.410 e. The summed E-state index contributed by atoms with van der Waals surface area (Å²) in [6.07, 6.45) is 8.03. The highest BCUT2D eigenvalue weighted by Crippen LogP contribution is 2.32. The topological polar surface area (TPSA) is 75.0 Å². The van der Waals surface area contributed by atoms with Gasteiger partial charge in [-0.15, -0.1) is 0 Å². The number of imidazole rings is 1. The van der Waals surface area contributed by atoms with Gasteiger partial charge in [0.15, 0.2) is 5.96 Å². The number of hydrogen-bond acceptors (Lipinski definition) is 4. The standard InChI is InChI=1S/C24H42N6O2/c1-18(2)16-29-14-11-26-21(29)15-27-22(25-6)28-12-9-20(10-13-28)30(17-19-7-8-19)23(31)32-24(3,4)5/h11,14,18-20H,7-10,12-13,15-17H2,1-6H3,(H,25,27). The molecule has 1 aromatic rings. The molecular weight excluding hydrogens is 404 g/mol. The molecule has 3 rings (SSSR count). The Morgan fingerprint density at radius 3 is 2.53 bits per heavy atom. The summed E-state index contributed by atoms with van der Waals surface area (Å²) in [5.74, 6) is 3.14. The van der Waals surface area contributed by atoms with Gasteiger partial charge >= 0.3 is 6.09 Å². The summed E-state index contributed by atoms with van der Waals surface area (Å²) < 4.78 is 7.93. The maximum Gasteiger partial charge on any atom is 0.410 e.